The van der Waals surface area contributed by atoms with Crippen LogP contribution in [0.5, 0.6) is 0 Å². The van der Waals surface area contributed by atoms with Gasteiger partial charge in [0, 0.05) is 17.5 Å². The summed E-state index contributed by atoms with van der Waals surface area (Å²) < 4.78 is 0. The lowest BCUT2D eigenvalue weighted by atomic mass is 9.92. The second kappa shape index (κ2) is 4.44. The highest BCUT2D eigenvalue weighted by atomic mass is 16.1. The molecule has 2 aliphatic carbocycles. The van der Waals surface area contributed by atoms with Gasteiger partial charge >= 0.3 is 0 Å². The third-order valence-electron chi connectivity index (χ3n) is 4.51. The Labute approximate surface area is 117 Å². The van der Waals surface area contributed by atoms with Crippen molar-refractivity contribution in [3.05, 3.63) is 48.7 Å². The van der Waals surface area contributed by atoms with Gasteiger partial charge in [0.15, 0.2) is 0 Å². The average molecular weight is 264 g/mol. The van der Waals surface area contributed by atoms with E-state index in [4.69, 9.17) is 0 Å². The van der Waals surface area contributed by atoms with E-state index >= 15 is 0 Å². The number of rotatable bonds is 2. The zero-order chi connectivity index (χ0) is 13.5. The molecule has 0 aliphatic heterocycles. The largest absolute Gasteiger partial charge is 0.324 e. The molecule has 1 N–H and O–H groups in total. The fourth-order valence-corrected chi connectivity index (χ4v) is 3.51. The summed E-state index contributed by atoms with van der Waals surface area (Å²) in [5.41, 5.74) is 1.68. The number of nitrogens with zero attached hydrogens (tertiary/aromatic N) is 1. The number of carbonyl (C=O) groups excluding carboxylic acids is 1. The van der Waals surface area contributed by atoms with E-state index in [9.17, 15) is 4.79 Å². The Morgan fingerprint density at radius 1 is 1.15 bits per heavy atom. The van der Waals surface area contributed by atoms with Gasteiger partial charge in [0.05, 0.1) is 11.2 Å². The Morgan fingerprint density at radius 3 is 2.85 bits per heavy atom. The maximum atomic E-state index is 12.5. The molecule has 20 heavy (non-hydrogen) atoms. The molecule has 3 heteroatoms. The van der Waals surface area contributed by atoms with Gasteiger partial charge in [0.1, 0.15) is 0 Å². The number of aromatic nitrogens is 1. The lowest BCUT2D eigenvalue weighted by Crippen LogP contribution is -2.26. The van der Waals surface area contributed by atoms with Gasteiger partial charge in [-0.2, -0.15) is 0 Å². The summed E-state index contributed by atoms with van der Waals surface area (Å²) in [7, 11) is 0. The van der Waals surface area contributed by atoms with Gasteiger partial charge in [-0.25, -0.2) is 0 Å². The Hall–Kier alpha value is -2.16. The molecule has 4 rings (SSSR count). The molecule has 2 aliphatic rings. The molecular weight excluding hydrogens is 248 g/mol. The molecular formula is C17H16N2O. The summed E-state index contributed by atoms with van der Waals surface area (Å²) in [5.74, 6) is 1.31. The molecule has 3 unspecified atom stereocenters. The van der Waals surface area contributed by atoms with Gasteiger partial charge in [-0.3, -0.25) is 9.78 Å². The zero-order valence-corrected chi connectivity index (χ0v) is 11.1. The van der Waals surface area contributed by atoms with E-state index in [1.165, 1.54) is 0 Å². The van der Waals surface area contributed by atoms with Crippen LogP contribution in [0.3, 0.4) is 0 Å². The summed E-state index contributed by atoms with van der Waals surface area (Å²) in [6.45, 7) is 0. The maximum Gasteiger partial charge on any atom is 0.228 e. The van der Waals surface area contributed by atoms with Crippen LogP contribution in [0.4, 0.5) is 5.69 Å². The molecule has 0 spiro atoms. The van der Waals surface area contributed by atoms with Gasteiger partial charge in [-0.15, -0.1) is 0 Å². The first-order valence-corrected chi connectivity index (χ1v) is 7.14. The standard InChI is InChI=1S/C17H16N2O/c20-17(14-10-11-6-7-13(14)9-11)19-15-5-1-3-12-4-2-8-18-16(12)15/h1-8,11,13-14H,9-10H2,(H,19,20). The third-order valence-corrected chi connectivity index (χ3v) is 4.51. The molecule has 1 fully saturated rings. The van der Waals surface area contributed by atoms with E-state index in [0.717, 1.165) is 29.4 Å². The van der Waals surface area contributed by atoms with E-state index in [1.807, 2.05) is 30.3 Å². The SMILES string of the molecule is O=C(Nc1cccc2cccnc12)C1CC2C=CC1C2. The van der Waals surface area contributed by atoms with E-state index in [1.54, 1.807) is 6.20 Å². The smallest absolute Gasteiger partial charge is 0.228 e. The minimum Gasteiger partial charge on any atom is -0.324 e. The summed E-state index contributed by atoms with van der Waals surface area (Å²) in [4.78, 5) is 16.9. The van der Waals surface area contributed by atoms with E-state index in [2.05, 4.69) is 22.5 Å². The first kappa shape index (κ1) is 11.6. The van der Waals surface area contributed by atoms with Crippen molar-refractivity contribution in [2.75, 3.05) is 5.32 Å². The number of fused-ring (bicyclic) bond motifs is 3. The van der Waals surface area contributed by atoms with Crippen LogP contribution < -0.4 is 5.32 Å². The molecule has 2 aromatic rings. The van der Waals surface area contributed by atoms with Crippen molar-refractivity contribution in [2.45, 2.75) is 12.8 Å². The lowest BCUT2D eigenvalue weighted by Gasteiger charge is -2.18. The van der Waals surface area contributed by atoms with Crippen molar-refractivity contribution in [1.82, 2.24) is 4.98 Å². The number of hydrogen-bond donors (Lipinski definition) is 1. The van der Waals surface area contributed by atoms with Crippen LogP contribution in [0.1, 0.15) is 12.8 Å². The number of pyridine rings is 1. The number of carbonyl (C=O) groups is 1. The number of benzene rings is 1. The van der Waals surface area contributed by atoms with Crippen molar-refractivity contribution in [1.29, 1.82) is 0 Å². The van der Waals surface area contributed by atoms with Crippen LogP contribution in [0.25, 0.3) is 10.9 Å². The van der Waals surface area contributed by atoms with Crippen LogP contribution in [-0.4, -0.2) is 10.9 Å². The van der Waals surface area contributed by atoms with Crippen molar-refractivity contribution in [3.8, 4) is 0 Å². The topological polar surface area (TPSA) is 42.0 Å². The summed E-state index contributed by atoms with van der Waals surface area (Å²) in [6.07, 6.45) is 8.36. The van der Waals surface area contributed by atoms with Crippen LogP contribution in [0.2, 0.25) is 0 Å². The lowest BCUT2D eigenvalue weighted by molar-refractivity contribution is -0.120. The molecule has 1 aromatic carbocycles. The van der Waals surface area contributed by atoms with Crippen molar-refractivity contribution in [2.24, 2.45) is 17.8 Å². The number of amides is 1. The monoisotopic (exact) mass is 264 g/mol. The first-order valence-electron chi connectivity index (χ1n) is 7.14. The number of nitrogens with one attached hydrogen (secondary N) is 1. The van der Waals surface area contributed by atoms with Gasteiger partial charge in [-0.1, -0.05) is 30.4 Å². The van der Waals surface area contributed by atoms with E-state index < -0.39 is 0 Å². The number of hydrogen-bond acceptors (Lipinski definition) is 2. The maximum absolute atomic E-state index is 12.5. The van der Waals surface area contributed by atoms with E-state index in [0.29, 0.717) is 11.8 Å². The fraction of sp³-hybridized carbons (Fsp3) is 0.294. The molecule has 0 saturated heterocycles. The van der Waals surface area contributed by atoms with E-state index in [-0.39, 0.29) is 11.8 Å². The van der Waals surface area contributed by atoms with Crippen LogP contribution in [0, 0.1) is 17.8 Å². The quantitative estimate of drug-likeness (QED) is 0.845. The number of allylic oxidation sites excluding steroid dienone is 2. The highest BCUT2D eigenvalue weighted by Gasteiger charge is 2.39. The third kappa shape index (κ3) is 1.82. The van der Waals surface area contributed by atoms with Crippen LogP contribution >= 0.6 is 0 Å². The second-order valence-electron chi connectivity index (χ2n) is 5.76. The highest BCUT2D eigenvalue weighted by Crippen LogP contribution is 2.43. The summed E-state index contributed by atoms with van der Waals surface area (Å²) in [5, 5.41) is 4.13. The molecule has 100 valence electrons. The second-order valence-corrected chi connectivity index (χ2v) is 5.76. The predicted octanol–water partition coefficient (Wildman–Crippen LogP) is 3.39. The molecule has 3 atom stereocenters. The molecule has 1 saturated carbocycles. The van der Waals surface area contributed by atoms with Crippen molar-refractivity contribution in [3.63, 3.8) is 0 Å². The minimum absolute atomic E-state index is 0.129. The number of para-hydroxylation sites is 1. The predicted molar refractivity (Wildman–Crippen MR) is 79.2 cm³/mol. The summed E-state index contributed by atoms with van der Waals surface area (Å²) >= 11 is 0. The van der Waals surface area contributed by atoms with Gasteiger partial charge in [0.2, 0.25) is 5.91 Å². The first-order chi connectivity index (χ1) is 9.81. The molecule has 1 heterocycles. The highest BCUT2D eigenvalue weighted by molar-refractivity contribution is 6.01. The fourth-order valence-electron chi connectivity index (χ4n) is 3.51. The van der Waals surface area contributed by atoms with Gasteiger partial charge < -0.3 is 5.32 Å². The van der Waals surface area contributed by atoms with Crippen molar-refractivity contribution >= 4 is 22.5 Å². The van der Waals surface area contributed by atoms with Crippen LogP contribution in [0.15, 0.2) is 48.7 Å². The van der Waals surface area contributed by atoms with Crippen molar-refractivity contribution < 1.29 is 4.79 Å². The normalized spacial score (nSPS) is 27.1. The summed E-state index contributed by atoms with van der Waals surface area (Å²) in [6, 6.07) is 9.82. The molecule has 1 amide bonds. The average Bonchev–Trinajstić information content (AvgIpc) is 3.10. The molecule has 0 radical (unpaired) electrons. The molecule has 1 aromatic heterocycles. The zero-order valence-electron chi connectivity index (χ0n) is 11.1. The molecule has 3 nitrogen and oxygen atoms in total. The van der Waals surface area contributed by atoms with Gasteiger partial charge in [0.25, 0.3) is 0 Å². The van der Waals surface area contributed by atoms with Crippen LogP contribution in [-0.2, 0) is 4.79 Å². The van der Waals surface area contributed by atoms with Gasteiger partial charge in [-0.05, 0) is 36.8 Å². The Bertz CT molecular complexity index is 702. The Morgan fingerprint density at radius 2 is 2.05 bits per heavy atom. The Kier molecular flexibility index (Phi) is 2.59. The Balaban J connectivity index is 1.62. The number of anilines is 1. The molecule has 2 bridgehead atoms. The minimum atomic E-state index is 0.129.